The van der Waals surface area contributed by atoms with E-state index in [0.29, 0.717) is 59.4 Å². The smallest absolute Gasteiger partial charge is 0.248 e. The number of carbonyl (C=O) groups excluding carboxylic acids is 2. The molecule has 2 heterocycles. The molecule has 2 aromatic rings. The van der Waals surface area contributed by atoms with E-state index in [9.17, 15) is 14.7 Å². The molecule has 11 heteroatoms. The van der Waals surface area contributed by atoms with Gasteiger partial charge in [0.2, 0.25) is 11.8 Å². The number of fused-ring (bicyclic) bond motifs is 3. The predicted octanol–water partition coefficient (Wildman–Crippen LogP) is 0.797. The van der Waals surface area contributed by atoms with E-state index in [1.807, 2.05) is 0 Å². The van der Waals surface area contributed by atoms with Crippen molar-refractivity contribution in [3.8, 4) is 0 Å². The topological polar surface area (TPSA) is 150 Å². The molecule has 2 amide bonds. The molecule has 1 aromatic carbocycles. The standard InChI is InChI=1S/C20H24Cl2N6O3/c21-13-7-11(14(24)1-4-25-8-16(30)26-5-3-23)18-12-9-28(17(31)10-29)6-2-15(12)27-20(18)19(13)22/h1,4,7,27,29H,2-3,5-6,8-10,23-24H2,(H,26,30)/b14-1-,25-4?. The van der Waals surface area contributed by atoms with Crippen molar-refractivity contribution in [3.63, 3.8) is 0 Å². The fraction of sp³-hybridized carbons (Fsp3) is 0.350. The van der Waals surface area contributed by atoms with Crippen LogP contribution in [0.25, 0.3) is 16.6 Å². The molecule has 1 aliphatic heterocycles. The number of halogens is 2. The van der Waals surface area contributed by atoms with Gasteiger partial charge in [0.1, 0.15) is 13.2 Å². The molecule has 7 N–H and O–H groups in total. The van der Waals surface area contributed by atoms with Gasteiger partial charge in [0.15, 0.2) is 0 Å². The highest BCUT2D eigenvalue weighted by atomic mass is 35.5. The second-order valence-electron chi connectivity index (χ2n) is 7.03. The monoisotopic (exact) mass is 466 g/mol. The summed E-state index contributed by atoms with van der Waals surface area (Å²) in [6.07, 6.45) is 3.62. The van der Waals surface area contributed by atoms with Gasteiger partial charge >= 0.3 is 0 Å². The molecule has 0 fully saturated rings. The molecule has 1 aliphatic rings. The maximum atomic E-state index is 12.0. The highest BCUT2D eigenvalue weighted by molar-refractivity contribution is 6.45. The molecule has 0 saturated carbocycles. The van der Waals surface area contributed by atoms with Gasteiger partial charge in [0.25, 0.3) is 0 Å². The lowest BCUT2D eigenvalue weighted by molar-refractivity contribution is -0.135. The van der Waals surface area contributed by atoms with E-state index in [1.165, 1.54) is 6.21 Å². The first kappa shape index (κ1) is 23.1. The van der Waals surface area contributed by atoms with Crippen LogP contribution >= 0.6 is 23.2 Å². The summed E-state index contributed by atoms with van der Waals surface area (Å²) in [5.41, 5.74) is 15.1. The normalized spacial score (nSPS) is 14.3. The Morgan fingerprint density at radius 1 is 1.39 bits per heavy atom. The molecule has 0 saturated heterocycles. The number of H-pyrrole nitrogens is 1. The molecule has 3 rings (SSSR count). The molecule has 0 bridgehead atoms. The minimum absolute atomic E-state index is 0.0433. The molecule has 0 atom stereocenters. The van der Waals surface area contributed by atoms with Crippen LogP contribution in [0.5, 0.6) is 0 Å². The number of hydrogen-bond acceptors (Lipinski definition) is 6. The maximum Gasteiger partial charge on any atom is 0.248 e. The Labute approximate surface area is 189 Å². The number of aliphatic hydroxyl groups excluding tert-OH is 1. The van der Waals surface area contributed by atoms with Crippen LogP contribution in [0.2, 0.25) is 10.0 Å². The summed E-state index contributed by atoms with van der Waals surface area (Å²) in [7, 11) is 0. The molecule has 1 aromatic heterocycles. The van der Waals surface area contributed by atoms with Gasteiger partial charge in [-0.2, -0.15) is 0 Å². The summed E-state index contributed by atoms with van der Waals surface area (Å²) in [6, 6.07) is 1.67. The summed E-state index contributed by atoms with van der Waals surface area (Å²) < 4.78 is 0. The summed E-state index contributed by atoms with van der Waals surface area (Å²) in [6.45, 7) is 0.971. The van der Waals surface area contributed by atoms with Gasteiger partial charge < -0.3 is 31.8 Å². The number of aliphatic imine (C=N–C) groups is 1. The predicted molar refractivity (Wildman–Crippen MR) is 122 cm³/mol. The van der Waals surface area contributed by atoms with Gasteiger partial charge in [-0.05, 0) is 12.1 Å². The van der Waals surface area contributed by atoms with E-state index in [0.717, 1.165) is 16.6 Å². The minimum Gasteiger partial charge on any atom is -0.398 e. The molecular formula is C20H24Cl2N6O3. The zero-order valence-corrected chi connectivity index (χ0v) is 18.3. The largest absolute Gasteiger partial charge is 0.398 e. The number of nitrogens with zero attached hydrogens (tertiary/aromatic N) is 2. The minimum atomic E-state index is -0.547. The molecule has 31 heavy (non-hydrogen) atoms. The van der Waals surface area contributed by atoms with Gasteiger partial charge in [-0.15, -0.1) is 0 Å². The third-order valence-electron chi connectivity index (χ3n) is 5.00. The molecule has 0 radical (unpaired) electrons. The van der Waals surface area contributed by atoms with Crippen LogP contribution in [0.3, 0.4) is 0 Å². The third kappa shape index (κ3) is 5.01. The second-order valence-corrected chi connectivity index (χ2v) is 7.81. The van der Waals surface area contributed by atoms with Crippen LogP contribution in [0, 0.1) is 0 Å². The van der Waals surface area contributed by atoms with Crippen LogP contribution < -0.4 is 16.8 Å². The first-order chi connectivity index (χ1) is 14.9. The molecular weight excluding hydrogens is 443 g/mol. The Hall–Kier alpha value is -2.59. The summed E-state index contributed by atoms with van der Waals surface area (Å²) in [5.74, 6) is -0.580. The fourth-order valence-electron chi connectivity index (χ4n) is 3.51. The van der Waals surface area contributed by atoms with Crippen LogP contribution in [0.4, 0.5) is 0 Å². The van der Waals surface area contributed by atoms with E-state index in [4.69, 9.17) is 34.7 Å². The average Bonchev–Trinajstić information content (AvgIpc) is 3.16. The van der Waals surface area contributed by atoms with Gasteiger partial charge in [-0.1, -0.05) is 23.2 Å². The van der Waals surface area contributed by atoms with Gasteiger partial charge in [0, 0.05) is 66.7 Å². The van der Waals surface area contributed by atoms with E-state index >= 15 is 0 Å². The Balaban J connectivity index is 1.95. The van der Waals surface area contributed by atoms with Gasteiger partial charge in [0.05, 0.1) is 15.6 Å². The number of carbonyl (C=O) groups is 2. The number of nitrogens with two attached hydrogens (primary N) is 2. The van der Waals surface area contributed by atoms with Gasteiger partial charge in [-0.3, -0.25) is 14.6 Å². The van der Waals surface area contributed by atoms with Crippen molar-refractivity contribution in [3.05, 3.63) is 39.0 Å². The zero-order chi connectivity index (χ0) is 22.5. The molecule has 166 valence electrons. The highest BCUT2D eigenvalue weighted by Crippen LogP contribution is 2.39. The van der Waals surface area contributed by atoms with Crippen molar-refractivity contribution >= 4 is 57.8 Å². The number of aromatic amines is 1. The molecule has 0 unspecified atom stereocenters. The van der Waals surface area contributed by atoms with Crippen molar-refractivity contribution < 1.29 is 14.7 Å². The fourth-order valence-corrected chi connectivity index (χ4v) is 3.91. The number of nitrogens with one attached hydrogen (secondary N) is 2. The van der Waals surface area contributed by atoms with Crippen LogP contribution in [-0.4, -0.2) is 65.8 Å². The van der Waals surface area contributed by atoms with Crippen LogP contribution in [-0.2, 0) is 22.6 Å². The number of aromatic nitrogens is 1. The van der Waals surface area contributed by atoms with Crippen molar-refractivity contribution in [1.82, 2.24) is 15.2 Å². The van der Waals surface area contributed by atoms with Crippen molar-refractivity contribution in [1.29, 1.82) is 0 Å². The lowest BCUT2D eigenvalue weighted by atomic mass is 9.99. The third-order valence-corrected chi connectivity index (χ3v) is 5.79. The molecule has 0 spiro atoms. The Morgan fingerprint density at radius 3 is 2.87 bits per heavy atom. The SMILES string of the molecule is NCCNC(=O)CN=C/C=C(\N)c1cc(Cl)c(Cl)c2[nH]c3c(c12)CN(C(=O)CO)CC3. The number of rotatable bonds is 7. The zero-order valence-electron chi connectivity index (χ0n) is 16.8. The number of amides is 2. The number of allylic oxidation sites excluding steroid dienone is 1. The van der Waals surface area contributed by atoms with Crippen LogP contribution in [0.1, 0.15) is 16.8 Å². The number of hydrogen-bond donors (Lipinski definition) is 5. The van der Waals surface area contributed by atoms with E-state index in [-0.39, 0.29) is 18.4 Å². The van der Waals surface area contributed by atoms with Crippen molar-refractivity contribution in [2.45, 2.75) is 13.0 Å². The summed E-state index contributed by atoms with van der Waals surface area (Å²) in [4.78, 5) is 32.5. The van der Waals surface area contributed by atoms with E-state index in [1.54, 1.807) is 17.0 Å². The van der Waals surface area contributed by atoms with Crippen molar-refractivity contribution in [2.24, 2.45) is 16.5 Å². The number of aliphatic hydroxyl groups is 1. The molecule has 9 nitrogen and oxygen atoms in total. The average molecular weight is 467 g/mol. The Bertz CT molecular complexity index is 1060. The Morgan fingerprint density at radius 2 is 2.16 bits per heavy atom. The lowest BCUT2D eigenvalue weighted by Crippen LogP contribution is -2.37. The summed E-state index contributed by atoms with van der Waals surface area (Å²) >= 11 is 12.8. The second kappa shape index (κ2) is 10.1. The lowest BCUT2D eigenvalue weighted by Gasteiger charge is -2.27. The molecule has 0 aliphatic carbocycles. The first-order valence-electron chi connectivity index (χ1n) is 9.70. The first-order valence-corrected chi connectivity index (χ1v) is 10.5. The van der Waals surface area contributed by atoms with Crippen molar-refractivity contribution in [2.75, 3.05) is 32.8 Å². The van der Waals surface area contributed by atoms with E-state index < -0.39 is 6.61 Å². The highest BCUT2D eigenvalue weighted by Gasteiger charge is 2.26. The van der Waals surface area contributed by atoms with E-state index in [2.05, 4.69) is 15.3 Å². The quantitative estimate of drug-likeness (QED) is 0.382. The Kier molecular flexibility index (Phi) is 7.55. The maximum absolute atomic E-state index is 12.0. The summed E-state index contributed by atoms with van der Waals surface area (Å²) in [5, 5.41) is 13.3. The van der Waals surface area contributed by atoms with Crippen LogP contribution in [0.15, 0.2) is 17.1 Å². The number of benzene rings is 1. The van der Waals surface area contributed by atoms with Gasteiger partial charge in [-0.25, -0.2) is 0 Å².